The average molecular weight is 457 g/mol. The Morgan fingerprint density at radius 2 is 1.74 bits per heavy atom. The average Bonchev–Trinajstić information content (AvgIpc) is 3.13. The van der Waals surface area contributed by atoms with Crippen LogP contribution in [0.1, 0.15) is 11.1 Å². The van der Waals surface area contributed by atoms with Crippen LogP contribution in [-0.2, 0) is 14.4 Å². The van der Waals surface area contributed by atoms with Crippen LogP contribution in [0.5, 0.6) is 11.5 Å². The summed E-state index contributed by atoms with van der Waals surface area (Å²) in [5.74, 6) is -0.546. The summed E-state index contributed by atoms with van der Waals surface area (Å²) < 4.78 is 11.0. The van der Waals surface area contributed by atoms with E-state index < -0.39 is 11.8 Å². The minimum atomic E-state index is -0.499. The number of amides is 3. The molecule has 8 nitrogen and oxygen atoms in total. The van der Waals surface area contributed by atoms with Gasteiger partial charge in [-0.3, -0.25) is 19.8 Å². The van der Waals surface area contributed by atoms with E-state index in [0.717, 1.165) is 5.56 Å². The highest BCUT2D eigenvalue weighted by Crippen LogP contribution is 2.30. The standard InChI is InChI=1S/C26H23N3O5/c1-17-8-11-19(12-9-17)27-24(30)16-34-22-13-10-18(15-23(22)33-2)14-21-25(31)28-29(26(21)32)20-6-4-3-5-7-20/h3-15H,16H2,1-2H3,(H,27,30)(H,28,31)/b21-14-. The van der Waals surface area contributed by atoms with Crippen LogP contribution in [-0.4, -0.2) is 31.4 Å². The molecule has 1 aliphatic rings. The number of carbonyl (C=O) groups excluding carboxylic acids is 3. The van der Waals surface area contributed by atoms with Crippen molar-refractivity contribution in [2.75, 3.05) is 24.0 Å². The van der Waals surface area contributed by atoms with E-state index in [0.29, 0.717) is 28.4 Å². The summed E-state index contributed by atoms with van der Waals surface area (Å²) in [7, 11) is 1.47. The van der Waals surface area contributed by atoms with Crippen molar-refractivity contribution in [3.8, 4) is 11.5 Å². The topological polar surface area (TPSA) is 97.0 Å². The van der Waals surface area contributed by atoms with Crippen LogP contribution in [0.3, 0.4) is 0 Å². The van der Waals surface area contributed by atoms with Crippen molar-refractivity contribution in [1.82, 2.24) is 5.43 Å². The molecule has 4 rings (SSSR count). The number of methoxy groups -OCH3 is 1. The normalized spacial score (nSPS) is 14.2. The van der Waals surface area contributed by atoms with Crippen LogP contribution in [0.25, 0.3) is 6.08 Å². The van der Waals surface area contributed by atoms with Crippen LogP contribution >= 0.6 is 0 Å². The second-order valence-electron chi connectivity index (χ2n) is 7.59. The molecule has 3 aromatic carbocycles. The van der Waals surface area contributed by atoms with Gasteiger partial charge in [0.1, 0.15) is 5.57 Å². The van der Waals surface area contributed by atoms with E-state index in [4.69, 9.17) is 9.47 Å². The number of nitrogens with one attached hydrogen (secondary N) is 2. The quantitative estimate of drug-likeness (QED) is 0.418. The lowest BCUT2D eigenvalue weighted by Crippen LogP contribution is -2.35. The van der Waals surface area contributed by atoms with E-state index in [1.54, 1.807) is 42.5 Å². The van der Waals surface area contributed by atoms with Gasteiger partial charge in [-0.2, -0.15) is 0 Å². The first kappa shape index (κ1) is 22.6. The van der Waals surface area contributed by atoms with Crippen molar-refractivity contribution in [3.63, 3.8) is 0 Å². The summed E-state index contributed by atoms with van der Waals surface area (Å²) in [5.41, 5.74) is 5.47. The maximum absolute atomic E-state index is 12.8. The number of carbonyl (C=O) groups is 3. The first-order chi connectivity index (χ1) is 16.4. The highest BCUT2D eigenvalue weighted by atomic mass is 16.5. The lowest BCUT2D eigenvalue weighted by Gasteiger charge is -2.14. The Morgan fingerprint density at radius 1 is 1.00 bits per heavy atom. The molecule has 172 valence electrons. The molecule has 3 aromatic rings. The van der Waals surface area contributed by atoms with Gasteiger partial charge < -0.3 is 14.8 Å². The van der Waals surface area contributed by atoms with E-state index in [2.05, 4.69) is 10.7 Å². The van der Waals surface area contributed by atoms with E-state index in [9.17, 15) is 14.4 Å². The molecule has 8 heteroatoms. The minimum Gasteiger partial charge on any atom is -0.493 e. The number of rotatable bonds is 7. The molecule has 34 heavy (non-hydrogen) atoms. The van der Waals surface area contributed by atoms with Gasteiger partial charge in [0.15, 0.2) is 18.1 Å². The molecule has 0 spiro atoms. The SMILES string of the molecule is COc1cc(/C=C2/C(=O)NN(c3ccccc3)C2=O)ccc1OCC(=O)Nc1ccc(C)cc1. The third kappa shape index (κ3) is 5.07. The number of anilines is 2. The fraction of sp³-hybridized carbons (Fsp3) is 0.115. The fourth-order valence-corrected chi connectivity index (χ4v) is 3.35. The number of hydrazine groups is 1. The Bertz CT molecular complexity index is 1250. The fourth-order valence-electron chi connectivity index (χ4n) is 3.35. The summed E-state index contributed by atoms with van der Waals surface area (Å²) in [4.78, 5) is 37.4. The summed E-state index contributed by atoms with van der Waals surface area (Å²) in [6, 6.07) is 21.2. The van der Waals surface area contributed by atoms with E-state index in [1.165, 1.54) is 18.2 Å². The van der Waals surface area contributed by atoms with Crippen molar-refractivity contribution < 1.29 is 23.9 Å². The molecule has 1 aliphatic heterocycles. The lowest BCUT2D eigenvalue weighted by atomic mass is 10.1. The Hall–Kier alpha value is -4.59. The summed E-state index contributed by atoms with van der Waals surface area (Å²) in [5, 5.41) is 3.97. The van der Waals surface area contributed by atoms with Gasteiger partial charge in [-0.15, -0.1) is 0 Å². The van der Waals surface area contributed by atoms with Crippen LogP contribution in [0.2, 0.25) is 0 Å². The third-order valence-electron chi connectivity index (χ3n) is 5.10. The Kier molecular flexibility index (Phi) is 6.59. The van der Waals surface area contributed by atoms with Crippen molar-refractivity contribution in [2.24, 2.45) is 0 Å². The summed E-state index contributed by atoms with van der Waals surface area (Å²) in [6.45, 7) is 1.76. The van der Waals surface area contributed by atoms with Gasteiger partial charge in [-0.1, -0.05) is 42.0 Å². The molecular formula is C26H23N3O5. The van der Waals surface area contributed by atoms with Crippen LogP contribution in [0, 0.1) is 6.92 Å². The summed E-state index contributed by atoms with van der Waals surface area (Å²) >= 11 is 0. The summed E-state index contributed by atoms with van der Waals surface area (Å²) in [6.07, 6.45) is 1.48. The molecule has 0 radical (unpaired) electrons. The zero-order valence-corrected chi connectivity index (χ0v) is 18.7. The number of ether oxygens (including phenoxy) is 2. The third-order valence-corrected chi connectivity index (χ3v) is 5.10. The maximum atomic E-state index is 12.8. The highest BCUT2D eigenvalue weighted by molar-refractivity contribution is 6.31. The number of nitrogens with zero attached hydrogens (tertiary/aromatic N) is 1. The number of para-hydroxylation sites is 1. The largest absolute Gasteiger partial charge is 0.493 e. The van der Waals surface area contributed by atoms with Gasteiger partial charge in [-0.25, -0.2) is 5.01 Å². The zero-order chi connectivity index (χ0) is 24.1. The molecular weight excluding hydrogens is 434 g/mol. The monoisotopic (exact) mass is 457 g/mol. The van der Waals surface area contributed by atoms with Crippen molar-refractivity contribution in [3.05, 3.63) is 89.5 Å². The first-order valence-corrected chi connectivity index (χ1v) is 10.5. The van der Waals surface area contributed by atoms with Crippen molar-refractivity contribution in [1.29, 1.82) is 0 Å². The molecule has 0 saturated carbocycles. The number of benzene rings is 3. The highest BCUT2D eigenvalue weighted by Gasteiger charge is 2.34. The number of aryl methyl sites for hydroxylation is 1. The van der Waals surface area contributed by atoms with Crippen molar-refractivity contribution >= 4 is 35.2 Å². The Balaban J connectivity index is 1.45. The number of hydrogen-bond donors (Lipinski definition) is 2. The molecule has 0 atom stereocenters. The molecule has 0 aromatic heterocycles. The molecule has 3 amide bonds. The zero-order valence-electron chi connectivity index (χ0n) is 18.7. The van der Waals surface area contributed by atoms with Gasteiger partial charge in [0.05, 0.1) is 12.8 Å². The number of hydrogen-bond acceptors (Lipinski definition) is 5. The minimum absolute atomic E-state index is 0.00273. The van der Waals surface area contributed by atoms with Gasteiger partial charge in [0.2, 0.25) is 0 Å². The Labute approximate surface area is 196 Å². The van der Waals surface area contributed by atoms with Crippen LogP contribution in [0.4, 0.5) is 11.4 Å². The van der Waals surface area contributed by atoms with Crippen LogP contribution < -0.4 is 25.2 Å². The predicted molar refractivity (Wildman–Crippen MR) is 128 cm³/mol. The predicted octanol–water partition coefficient (Wildman–Crippen LogP) is 3.48. The van der Waals surface area contributed by atoms with Gasteiger partial charge in [-0.05, 0) is 55.0 Å². The molecule has 1 heterocycles. The van der Waals surface area contributed by atoms with Gasteiger partial charge in [0, 0.05) is 5.69 Å². The van der Waals surface area contributed by atoms with E-state index in [-0.39, 0.29) is 18.1 Å². The lowest BCUT2D eigenvalue weighted by molar-refractivity contribution is -0.118. The molecule has 1 saturated heterocycles. The van der Waals surface area contributed by atoms with E-state index >= 15 is 0 Å². The molecule has 1 fully saturated rings. The first-order valence-electron chi connectivity index (χ1n) is 10.5. The van der Waals surface area contributed by atoms with Crippen LogP contribution in [0.15, 0.2) is 78.4 Å². The second-order valence-corrected chi connectivity index (χ2v) is 7.59. The molecule has 2 N–H and O–H groups in total. The second kappa shape index (κ2) is 9.91. The van der Waals surface area contributed by atoms with Gasteiger partial charge >= 0.3 is 0 Å². The molecule has 0 bridgehead atoms. The molecule has 0 unspecified atom stereocenters. The van der Waals surface area contributed by atoms with Gasteiger partial charge in [0.25, 0.3) is 17.7 Å². The maximum Gasteiger partial charge on any atom is 0.282 e. The van der Waals surface area contributed by atoms with E-state index in [1.807, 2.05) is 37.3 Å². The molecule has 0 aliphatic carbocycles. The smallest absolute Gasteiger partial charge is 0.282 e. The Morgan fingerprint density at radius 3 is 2.44 bits per heavy atom. The van der Waals surface area contributed by atoms with Crippen molar-refractivity contribution in [2.45, 2.75) is 6.92 Å².